The van der Waals surface area contributed by atoms with Crippen molar-refractivity contribution in [3.05, 3.63) is 99.1 Å². The predicted molar refractivity (Wildman–Crippen MR) is 133 cm³/mol. The van der Waals surface area contributed by atoms with Crippen LogP contribution in [0.4, 0.5) is 11.4 Å². The second-order valence-electron chi connectivity index (χ2n) is 8.28. The van der Waals surface area contributed by atoms with Crippen LogP contribution in [0, 0.1) is 10.1 Å². The minimum absolute atomic E-state index is 0.0259. The first-order chi connectivity index (χ1) is 16.5. The Labute approximate surface area is 203 Å². The van der Waals surface area contributed by atoms with Gasteiger partial charge in [-0.05, 0) is 60.9 Å². The number of non-ortho nitro benzene ring substituents is 1. The summed E-state index contributed by atoms with van der Waals surface area (Å²) in [6, 6.07) is 21.4. The molecule has 3 aromatic carbocycles. The van der Waals surface area contributed by atoms with Gasteiger partial charge < -0.3 is 9.64 Å². The number of benzene rings is 3. The third kappa shape index (κ3) is 5.38. The van der Waals surface area contributed by atoms with E-state index < -0.39 is 4.92 Å². The number of nitrogens with zero attached hydrogens (tertiary/aromatic N) is 3. The number of ether oxygens (including phenoxy) is 1. The monoisotopic (exact) mass is 479 g/mol. The lowest BCUT2D eigenvalue weighted by Crippen LogP contribution is -2.47. The Kier molecular flexibility index (Phi) is 7.45. The van der Waals surface area contributed by atoms with Crippen molar-refractivity contribution in [1.29, 1.82) is 0 Å². The van der Waals surface area contributed by atoms with E-state index in [1.54, 1.807) is 13.2 Å². The molecule has 0 radical (unpaired) electrons. The van der Waals surface area contributed by atoms with Crippen LogP contribution in [0.15, 0.2) is 72.8 Å². The summed E-state index contributed by atoms with van der Waals surface area (Å²) in [5.74, 6) is 0.699. The van der Waals surface area contributed by atoms with Crippen LogP contribution >= 0.6 is 11.6 Å². The van der Waals surface area contributed by atoms with E-state index in [1.165, 1.54) is 12.1 Å². The Morgan fingerprint density at radius 2 is 1.76 bits per heavy atom. The standard InChI is InChI=1S/C26H26ClN3O4/c1-34-24-10-7-21(8-11-24)29(26(31)19-5-3-2-4-6-19)22-13-15-28(16-14-22)18-20-17-23(30(32)33)9-12-25(20)27/h2-12,17,22H,13-16,18H2,1H3. The summed E-state index contributed by atoms with van der Waals surface area (Å²) in [5, 5.41) is 11.7. The van der Waals surface area contributed by atoms with Crippen molar-refractivity contribution < 1.29 is 14.5 Å². The Bertz CT molecular complexity index is 1150. The molecule has 176 valence electrons. The number of likely N-dealkylation sites (tertiary alicyclic amines) is 1. The van der Waals surface area contributed by atoms with Crippen molar-refractivity contribution in [3.63, 3.8) is 0 Å². The number of carbonyl (C=O) groups excluding carboxylic acids is 1. The second kappa shape index (κ2) is 10.7. The van der Waals surface area contributed by atoms with E-state index in [2.05, 4.69) is 4.90 Å². The molecule has 1 heterocycles. The van der Waals surface area contributed by atoms with Gasteiger partial charge in [-0.15, -0.1) is 0 Å². The zero-order chi connectivity index (χ0) is 24.1. The maximum atomic E-state index is 13.5. The van der Waals surface area contributed by atoms with Gasteiger partial charge in [0.1, 0.15) is 5.75 Å². The summed E-state index contributed by atoms with van der Waals surface area (Å²) in [7, 11) is 1.62. The van der Waals surface area contributed by atoms with Gasteiger partial charge in [0.25, 0.3) is 11.6 Å². The maximum absolute atomic E-state index is 13.5. The number of piperidine rings is 1. The van der Waals surface area contributed by atoms with Crippen LogP contribution in [-0.4, -0.2) is 42.0 Å². The first kappa shape index (κ1) is 23.7. The number of methoxy groups -OCH3 is 1. The highest BCUT2D eigenvalue weighted by Crippen LogP contribution is 2.29. The molecule has 0 spiro atoms. The highest BCUT2D eigenvalue weighted by molar-refractivity contribution is 6.31. The van der Waals surface area contributed by atoms with Crippen LogP contribution in [0.2, 0.25) is 5.02 Å². The van der Waals surface area contributed by atoms with E-state index in [-0.39, 0.29) is 17.6 Å². The van der Waals surface area contributed by atoms with Crippen molar-refractivity contribution in [3.8, 4) is 5.75 Å². The van der Waals surface area contributed by atoms with Crippen LogP contribution in [-0.2, 0) is 6.54 Å². The zero-order valence-corrected chi connectivity index (χ0v) is 19.6. The van der Waals surface area contributed by atoms with Crippen LogP contribution in [0.1, 0.15) is 28.8 Å². The molecule has 7 nitrogen and oxygen atoms in total. The first-order valence-electron chi connectivity index (χ1n) is 11.1. The number of anilines is 1. The number of halogens is 1. The van der Waals surface area contributed by atoms with E-state index in [9.17, 15) is 14.9 Å². The predicted octanol–water partition coefficient (Wildman–Crippen LogP) is 5.57. The minimum atomic E-state index is -0.409. The number of hydrogen-bond donors (Lipinski definition) is 0. The molecule has 0 aromatic heterocycles. The molecule has 0 N–H and O–H groups in total. The summed E-state index contributed by atoms with van der Waals surface area (Å²) in [5.41, 5.74) is 2.24. The fourth-order valence-electron chi connectivity index (χ4n) is 4.33. The van der Waals surface area contributed by atoms with E-state index in [0.717, 1.165) is 42.9 Å². The number of hydrogen-bond acceptors (Lipinski definition) is 5. The third-order valence-electron chi connectivity index (χ3n) is 6.15. The third-order valence-corrected chi connectivity index (χ3v) is 6.52. The Morgan fingerprint density at radius 1 is 1.09 bits per heavy atom. The van der Waals surface area contributed by atoms with Gasteiger partial charge in [-0.25, -0.2) is 0 Å². The molecule has 0 unspecified atom stereocenters. The maximum Gasteiger partial charge on any atom is 0.269 e. The molecule has 1 fully saturated rings. The SMILES string of the molecule is COc1ccc(N(C(=O)c2ccccc2)C2CCN(Cc3cc([N+](=O)[O-])ccc3Cl)CC2)cc1. The number of nitro benzene ring substituents is 1. The first-order valence-corrected chi connectivity index (χ1v) is 11.5. The molecule has 8 heteroatoms. The molecule has 0 saturated carbocycles. The summed E-state index contributed by atoms with van der Waals surface area (Å²) in [6.07, 6.45) is 1.55. The largest absolute Gasteiger partial charge is 0.497 e. The lowest BCUT2D eigenvalue weighted by atomic mass is 10.00. The van der Waals surface area contributed by atoms with Gasteiger partial charge in [0.15, 0.2) is 0 Å². The number of nitro groups is 1. The lowest BCUT2D eigenvalue weighted by molar-refractivity contribution is -0.384. The molecule has 1 saturated heterocycles. The van der Waals surface area contributed by atoms with E-state index in [1.807, 2.05) is 59.5 Å². The van der Waals surface area contributed by atoms with Crippen LogP contribution in [0.25, 0.3) is 0 Å². The van der Waals surface area contributed by atoms with Gasteiger partial charge in [-0.2, -0.15) is 0 Å². The van der Waals surface area contributed by atoms with E-state index in [4.69, 9.17) is 16.3 Å². The van der Waals surface area contributed by atoms with Gasteiger partial charge in [0.05, 0.1) is 12.0 Å². The molecule has 4 rings (SSSR count). The van der Waals surface area contributed by atoms with Crippen molar-refractivity contribution in [2.24, 2.45) is 0 Å². The highest BCUT2D eigenvalue weighted by Gasteiger charge is 2.30. The second-order valence-corrected chi connectivity index (χ2v) is 8.69. The quantitative estimate of drug-likeness (QED) is 0.327. The zero-order valence-electron chi connectivity index (χ0n) is 18.9. The van der Waals surface area contributed by atoms with Crippen molar-refractivity contribution >= 4 is 28.9 Å². The minimum Gasteiger partial charge on any atom is -0.497 e. The fraction of sp³-hybridized carbons (Fsp3) is 0.269. The fourth-order valence-corrected chi connectivity index (χ4v) is 4.51. The van der Waals surface area contributed by atoms with Crippen molar-refractivity contribution in [2.45, 2.75) is 25.4 Å². The summed E-state index contributed by atoms with van der Waals surface area (Å²) < 4.78 is 5.28. The molecule has 3 aromatic rings. The average Bonchev–Trinajstić information content (AvgIpc) is 2.87. The van der Waals surface area contributed by atoms with Gasteiger partial charge >= 0.3 is 0 Å². The van der Waals surface area contributed by atoms with Gasteiger partial charge in [0.2, 0.25) is 0 Å². The van der Waals surface area contributed by atoms with Gasteiger partial charge in [-0.1, -0.05) is 29.8 Å². The molecule has 1 aliphatic rings. The molecule has 1 amide bonds. The summed E-state index contributed by atoms with van der Waals surface area (Å²) >= 11 is 6.30. The molecule has 0 atom stereocenters. The number of rotatable bonds is 7. The normalized spacial score (nSPS) is 14.5. The molecule has 0 aliphatic carbocycles. The van der Waals surface area contributed by atoms with Crippen LogP contribution < -0.4 is 9.64 Å². The Hall–Kier alpha value is -3.42. The molecular formula is C26H26ClN3O4. The van der Waals surface area contributed by atoms with Crippen LogP contribution in [0.3, 0.4) is 0 Å². The van der Waals surface area contributed by atoms with Crippen LogP contribution in [0.5, 0.6) is 5.75 Å². The molecular weight excluding hydrogens is 454 g/mol. The summed E-state index contributed by atoms with van der Waals surface area (Å²) in [4.78, 5) is 28.3. The van der Waals surface area contributed by atoms with Gasteiger partial charge in [0, 0.05) is 54.1 Å². The Morgan fingerprint density at radius 3 is 2.38 bits per heavy atom. The smallest absolute Gasteiger partial charge is 0.269 e. The topological polar surface area (TPSA) is 75.9 Å². The van der Waals surface area contributed by atoms with Gasteiger partial charge in [-0.3, -0.25) is 19.8 Å². The molecule has 1 aliphatic heterocycles. The van der Waals surface area contributed by atoms with E-state index in [0.29, 0.717) is 17.1 Å². The van der Waals surface area contributed by atoms with Crippen molar-refractivity contribution in [1.82, 2.24) is 4.90 Å². The molecule has 0 bridgehead atoms. The Balaban J connectivity index is 1.51. The lowest BCUT2D eigenvalue weighted by Gasteiger charge is -2.38. The number of carbonyl (C=O) groups is 1. The summed E-state index contributed by atoms with van der Waals surface area (Å²) in [6.45, 7) is 2.03. The highest BCUT2D eigenvalue weighted by atomic mass is 35.5. The molecule has 34 heavy (non-hydrogen) atoms. The average molecular weight is 480 g/mol. The van der Waals surface area contributed by atoms with E-state index >= 15 is 0 Å². The number of amides is 1. The van der Waals surface area contributed by atoms with Crippen molar-refractivity contribution in [2.75, 3.05) is 25.1 Å².